The maximum absolute atomic E-state index is 13.0. The number of benzene rings is 2. The molecular formula is C24H18FN5O2. The number of carbonyl (C=O) groups is 1. The van der Waals surface area contributed by atoms with Crippen LogP contribution in [0.25, 0.3) is 33.2 Å². The summed E-state index contributed by atoms with van der Waals surface area (Å²) in [6, 6.07) is 16.0. The van der Waals surface area contributed by atoms with Gasteiger partial charge in [-0.3, -0.25) is 19.1 Å². The van der Waals surface area contributed by atoms with E-state index in [1.165, 1.54) is 6.07 Å². The highest BCUT2D eigenvalue weighted by molar-refractivity contribution is 6.04. The minimum atomic E-state index is -1.12. The van der Waals surface area contributed by atoms with Crippen LogP contribution >= 0.6 is 0 Å². The molecule has 1 amide bonds. The summed E-state index contributed by atoms with van der Waals surface area (Å²) in [4.78, 5) is 29.2. The molecule has 5 aromatic rings. The van der Waals surface area contributed by atoms with Crippen molar-refractivity contribution in [3.05, 3.63) is 89.1 Å². The van der Waals surface area contributed by atoms with Crippen molar-refractivity contribution >= 4 is 33.4 Å². The van der Waals surface area contributed by atoms with Gasteiger partial charge in [-0.05, 0) is 55.0 Å². The lowest BCUT2D eigenvalue weighted by Crippen LogP contribution is -2.19. The van der Waals surface area contributed by atoms with E-state index in [-0.39, 0.29) is 5.56 Å². The third kappa shape index (κ3) is 3.31. The number of aromatic nitrogens is 4. The molecule has 0 aliphatic carbocycles. The number of pyridine rings is 2. The molecule has 3 heterocycles. The van der Waals surface area contributed by atoms with Gasteiger partial charge in [-0.15, -0.1) is 0 Å². The van der Waals surface area contributed by atoms with Crippen LogP contribution in [0.5, 0.6) is 0 Å². The van der Waals surface area contributed by atoms with Crippen LogP contribution in [-0.4, -0.2) is 31.9 Å². The summed E-state index contributed by atoms with van der Waals surface area (Å²) in [5, 5.41) is 8.40. The molecule has 158 valence electrons. The van der Waals surface area contributed by atoms with Crippen molar-refractivity contribution in [3.8, 4) is 11.4 Å². The Morgan fingerprint density at radius 2 is 1.94 bits per heavy atom. The Bertz CT molecular complexity index is 1540. The van der Waals surface area contributed by atoms with Gasteiger partial charge in [0.15, 0.2) is 6.67 Å². The summed E-state index contributed by atoms with van der Waals surface area (Å²) in [6.45, 7) is 0.684. The van der Waals surface area contributed by atoms with Crippen LogP contribution in [0.15, 0.2) is 78.0 Å². The first-order valence-electron chi connectivity index (χ1n) is 9.96. The first kappa shape index (κ1) is 19.6. The van der Waals surface area contributed by atoms with Crippen LogP contribution in [0.1, 0.15) is 5.56 Å². The number of nitrogens with one attached hydrogen (secondary N) is 1. The van der Waals surface area contributed by atoms with E-state index < -0.39 is 12.6 Å². The molecule has 7 nitrogen and oxygen atoms in total. The minimum Gasteiger partial charge on any atom is -0.323 e. The van der Waals surface area contributed by atoms with Crippen LogP contribution in [0.3, 0.4) is 0 Å². The lowest BCUT2D eigenvalue weighted by molar-refractivity contribution is -0.117. The molecule has 0 atom stereocenters. The SMILES string of the molecule is Cc1ccc(-n2c(=O)ccc3cnc4ccc(-n5cccn5)cc4c32)cc1NC(=O)CF. The average Bonchev–Trinajstić information content (AvgIpc) is 3.35. The van der Waals surface area contributed by atoms with Gasteiger partial charge in [-0.1, -0.05) is 6.07 Å². The Morgan fingerprint density at radius 3 is 2.72 bits per heavy atom. The highest BCUT2D eigenvalue weighted by Crippen LogP contribution is 2.28. The molecule has 0 spiro atoms. The lowest BCUT2D eigenvalue weighted by Gasteiger charge is -2.15. The number of anilines is 1. The van der Waals surface area contributed by atoms with Crippen molar-refractivity contribution in [3.63, 3.8) is 0 Å². The third-order valence-electron chi connectivity index (χ3n) is 5.34. The van der Waals surface area contributed by atoms with E-state index in [4.69, 9.17) is 0 Å². The van der Waals surface area contributed by atoms with Gasteiger partial charge in [-0.2, -0.15) is 5.10 Å². The molecule has 0 bridgehead atoms. The van der Waals surface area contributed by atoms with Gasteiger partial charge < -0.3 is 5.32 Å². The van der Waals surface area contributed by atoms with Crippen molar-refractivity contribution < 1.29 is 9.18 Å². The summed E-state index contributed by atoms with van der Waals surface area (Å²) in [5.74, 6) is -0.742. The van der Waals surface area contributed by atoms with Crippen LogP contribution in [0.4, 0.5) is 10.1 Å². The van der Waals surface area contributed by atoms with E-state index in [9.17, 15) is 14.0 Å². The van der Waals surface area contributed by atoms with Gasteiger partial charge >= 0.3 is 0 Å². The predicted octanol–water partition coefficient (Wildman–Crippen LogP) is 3.94. The van der Waals surface area contributed by atoms with E-state index in [0.717, 1.165) is 27.5 Å². The monoisotopic (exact) mass is 427 g/mol. The van der Waals surface area contributed by atoms with Crippen LogP contribution in [0, 0.1) is 6.92 Å². The number of carbonyl (C=O) groups excluding carboxylic acids is 1. The fraction of sp³-hybridized carbons (Fsp3) is 0.0833. The molecule has 0 fully saturated rings. The number of fused-ring (bicyclic) bond motifs is 3. The Labute approximate surface area is 181 Å². The molecule has 32 heavy (non-hydrogen) atoms. The van der Waals surface area contributed by atoms with Crippen molar-refractivity contribution in [1.82, 2.24) is 19.3 Å². The third-order valence-corrected chi connectivity index (χ3v) is 5.34. The van der Waals surface area contributed by atoms with Gasteiger partial charge in [0.1, 0.15) is 0 Å². The number of amides is 1. The second kappa shape index (κ2) is 7.73. The summed E-state index contributed by atoms with van der Waals surface area (Å²) in [5.41, 5.74) is 3.77. The summed E-state index contributed by atoms with van der Waals surface area (Å²) in [6.07, 6.45) is 5.26. The lowest BCUT2D eigenvalue weighted by atomic mass is 10.1. The standard InChI is InChI=1S/C24H18FN5O2/c1-15-3-5-18(12-21(15)28-22(31)13-25)30-23(32)8-4-16-14-26-20-7-6-17(11-19(20)24(16)30)29-10-2-9-27-29/h2-12,14H,13H2,1H3,(H,28,31). The van der Waals surface area contributed by atoms with Crippen LogP contribution in [0.2, 0.25) is 0 Å². The molecule has 8 heteroatoms. The molecule has 0 radical (unpaired) electrons. The molecule has 0 unspecified atom stereocenters. The predicted molar refractivity (Wildman–Crippen MR) is 121 cm³/mol. The zero-order chi connectivity index (χ0) is 22.2. The maximum atomic E-state index is 13.0. The average molecular weight is 427 g/mol. The maximum Gasteiger partial charge on any atom is 0.255 e. The number of alkyl halides is 1. The first-order valence-corrected chi connectivity index (χ1v) is 9.96. The van der Waals surface area contributed by atoms with Gasteiger partial charge in [0.2, 0.25) is 0 Å². The summed E-state index contributed by atoms with van der Waals surface area (Å²) in [7, 11) is 0. The minimum absolute atomic E-state index is 0.235. The summed E-state index contributed by atoms with van der Waals surface area (Å²) >= 11 is 0. The van der Waals surface area contributed by atoms with Gasteiger partial charge in [0.25, 0.3) is 11.5 Å². The molecule has 1 N–H and O–H groups in total. The van der Waals surface area contributed by atoms with Crippen molar-refractivity contribution in [2.75, 3.05) is 12.0 Å². The molecule has 0 aliphatic heterocycles. The number of rotatable bonds is 4. The van der Waals surface area contributed by atoms with E-state index >= 15 is 0 Å². The fourth-order valence-corrected chi connectivity index (χ4v) is 3.79. The van der Waals surface area contributed by atoms with E-state index in [1.54, 1.807) is 52.8 Å². The topological polar surface area (TPSA) is 81.8 Å². The van der Waals surface area contributed by atoms with Crippen LogP contribution in [-0.2, 0) is 4.79 Å². The summed E-state index contributed by atoms with van der Waals surface area (Å²) < 4.78 is 16.1. The number of hydrogen-bond donors (Lipinski definition) is 1. The molecular weight excluding hydrogens is 409 g/mol. The Kier molecular flexibility index (Phi) is 4.74. The second-order valence-electron chi connectivity index (χ2n) is 7.40. The second-order valence-corrected chi connectivity index (χ2v) is 7.40. The highest BCUT2D eigenvalue weighted by atomic mass is 19.1. The van der Waals surface area contributed by atoms with Crippen molar-refractivity contribution in [2.24, 2.45) is 0 Å². The number of hydrogen-bond acceptors (Lipinski definition) is 4. The highest BCUT2D eigenvalue weighted by Gasteiger charge is 2.13. The number of aryl methyl sites for hydroxylation is 1. The smallest absolute Gasteiger partial charge is 0.255 e. The zero-order valence-electron chi connectivity index (χ0n) is 17.1. The normalized spacial score (nSPS) is 11.2. The Hall–Kier alpha value is -4.33. The molecule has 0 saturated carbocycles. The number of nitrogens with zero attached hydrogens (tertiary/aromatic N) is 4. The quantitative estimate of drug-likeness (QED) is 0.441. The largest absolute Gasteiger partial charge is 0.323 e. The molecule has 3 aromatic heterocycles. The molecule has 5 rings (SSSR count). The van der Waals surface area contributed by atoms with Gasteiger partial charge in [0, 0.05) is 41.1 Å². The zero-order valence-corrected chi connectivity index (χ0v) is 17.1. The van der Waals surface area contributed by atoms with Crippen molar-refractivity contribution in [1.29, 1.82) is 0 Å². The first-order chi connectivity index (χ1) is 15.5. The van der Waals surface area contributed by atoms with Crippen molar-refractivity contribution in [2.45, 2.75) is 6.92 Å². The Morgan fingerprint density at radius 1 is 1.09 bits per heavy atom. The molecule has 0 saturated heterocycles. The number of halogens is 1. The molecule has 2 aromatic carbocycles. The van der Waals surface area contributed by atoms with E-state index in [1.807, 2.05) is 30.5 Å². The van der Waals surface area contributed by atoms with Gasteiger partial charge in [-0.25, -0.2) is 9.07 Å². The fourth-order valence-electron chi connectivity index (χ4n) is 3.79. The van der Waals surface area contributed by atoms with E-state index in [0.29, 0.717) is 16.9 Å². The Balaban J connectivity index is 1.80. The molecule has 0 aliphatic rings. The van der Waals surface area contributed by atoms with Crippen LogP contribution < -0.4 is 10.9 Å². The van der Waals surface area contributed by atoms with E-state index in [2.05, 4.69) is 15.4 Å². The van der Waals surface area contributed by atoms with Gasteiger partial charge in [0.05, 0.1) is 22.4 Å².